The van der Waals surface area contributed by atoms with Crippen LogP contribution < -0.4 is 4.90 Å². The van der Waals surface area contributed by atoms with E-state index < -0.39 is 15.9 Å². The smallest absolute Gasteiger partial charge is 0.201 e. The number of aliphatic hydroxyl groups is 1. The molecular weight excluding hydrogens is 422 g/mol. The number of aryl methyl sites for hydroxylation is 2. The molecular formula is C22H22ClN3O3S. The van der Waals surface area contributed by atoms with E-state index in [1.807, 2.05) is 36.9 Å². The minimum absolute atomic E-state index is 0.00794. The second-order valence-electron chi connectivity index (χ2n) is 7.60. The molecule has 2 aromatic heterocycles. The first-order chi connectivity index (χ1) is 14.2. The molecule has 0 radical (unpaired) electrons. The van der Waals surface area contributed by atoms with Gasteiger partial charge in [0.2, 0.25) is 9.84 Å². The lowest BCUT2D eigenvalue weighted by Gasteiger charge is -2.36. The molecule has 1 aromatic carbocycles. The van der Waals surface area contributed by atoms with Gasteiger partial charge in [-0.05, 0) is 49.7 Å². The number of aliphatic hydroxyl groups excluding tert-OH is 1. The van der Waals surface area contributed by atoms with Crippen LogP contribution in [0.5, 0.6) is 0 Å². The van der Waals surface area contributed by atoms with Crippen LogP contribution in [0, 0.1) is 13.8 Å². The number of hydrogen-bond acceptors (Lipinski definition) is 6. The van der Waals surface area contributed by atoms with Gasteiger partial charge in [0, 0.05) is 18.7 Å². The maximum atomic E-state index is 13.0. The lowest BCUT2D eigenvalue weighted by molar-refractivity contribution is 0.141. The third-order valence-corrected chi connectivity index (χ3v) is 6.95. The highest BCUT2D eigenvalue weighted by Gasteiger charge is 2.27. The van der Waals surface area contributed by atoms with Crippen molar-refractivity contribution < 1.29 is 13.5 Å². The molecule has 0 saturated carbocycles. The topological polar surface area (TPSA) is 83.4 Å². The van der Waals surface area contributed by atoms with Gasteiger partial charge in [-0.2, -0.15) is 0 Å². The van der Waals surface area contributed by atoms with E-state index >= 15 is 0 Å². The van der Waals surface area contributed by atoms with Crippen molar-refractivity contribution in [2.75, 3.05) is 18.0 Å². The number of hydrogen-bond donors (Lipinski definition) is 1. The first-order valence-corrected chi connectivity index (χ1v) is 11.6. The summed E-state index contributed by atoms with van der Waals surface area (Å²) in [7, 11) is -3.70. The van der Waals surface area contributed by atoms with Crippen LogP contribution >= 0.6 is 11.6 Å². The van der Waals surface area contributed by atoms with E-state index in [0.717, 1.165) is 16.7 Å². The number of rotatable bonds is 5. The van der Waals surface area contributed by atoms with E-state index in [-0.39, 0.29) is 10.8 Å². The Hall–Kier alpha value is -2.48. The summed E-state index contributed by atoms with van der Waals surface area (Å²) in [4.78, 5) is 10.7. The van der Waals surface area contributed by atoms with Crippen LogP contribution in [0.2, 0.25) is 5.02 Å². The third-order valence-electron chi connectivity index (χ3n) is 5.10. The number of nitrogens with zero attached hydrogens (tertiary/aromatic N) is 3. The Bertz CT molecular complexity index is 1210. The van der Waals surface area contributed by atoms with Gasteiger partial charge in [-0.25, -0.2) is 13.4 Å². The molecule has 3 aromatic rings. The van der Waals surface area contributed by atoms with Crippen molar-refractivity contribution in [1.82, 2.24) is 9.97 Å². The third kappa shape index (κ3) is 4.19. The Labute approximate surface area is 181 Å². The molecule has 156 valence electrons. The zero-order valence-electron chi connectivity index (χ0n) is 16.7. The number of anilines is 1. The lowest BCUT2D eigenvalue weighted by atomic mass is 10.0. The summed E-state index contributed by atoms with van der Waals surface area (Å²) in [6.07, 6.45) is -0.395. The molecule has 0 bridgehead atoms. The van der Waals surface area contributed by atoms with Gasteiger partial charge in [0.25, 0.3) is 0 Å². The Morgan fingerprint density at radius 3 is 2.60 bits per heavy atom. The number of benzene rings is 1. The molecule has 1 saturated heterocycles. The average molecular weight is 444 g/mol. The van der Waals surface area contributed by atoms with Crippen molar-refractivity contribution in [3.05, 3.63) is 70.4 Å². The fraction of sp³-hybridized carbons (Fsp3) is 0.273. The van der Waals surface area contributed by atoms with Crippen molar-refractivity contribution in [2.24, 2.45) is 0 Å². The highest BCUT2D eigenvalue weighted by molar-refractivity contribution is 7.90. The fourth-order valence-corrected chi connectivity index (χ4v) is 4.83. The van der Waals surface area contributed by atoms with Gasteiger partial charge in [-0.3, -0.25) is 4.98 Å². The Morgan fingerprint density at radius 1 is 1.10 bits per heavy atom. The van der Waals surface area contributed by atoms with E-state index in [4.69, 9.17) is 11.6 Å². The number of pyridine rings is 2. The summed E-state index contributed by atoms with van der Waals surface area (Å²) < 4.78 is 26.0. The summed E-state index contributed by atoms with van der Waals surface area (Å²) in [5.74, 6) is 0.266. The summed E-state index contributed by atoms with van der Waals surface area (Å²) in [5, 5.41) is 9.94. The van der Waals surface area contributed by atoms with Crippen LogP contribution in [0.1, 0.15) is 16.8 Å². The maximum Gasteiger partial charge on any atom is 0.201 e. The molecule has 1 N–H and O–H groups in total. The first-order valence-electron chi connectivity index (χ1n) is 9.59. The highest BCUT2D eigenvalue weighted by atomic mass is 35.5. The molecule has 1 fully saturated rings. The summed E-state index contributed by atoms with van der Waals surface area (Å²) in [5.41, 5.74) is 3.95. The normalized spacial score (nSPS) is 14.6. The Kier molecular flexibility index (Phi) is 5.53. The van der Waals surface area contributed by atoms with E-state index in [9.17, 15) is 13.5 Å². The molecule has 0 atom stereocenters. The van der Waals surface area contributed by atoms with Gasteiger partial charge in [-0.1, -0.05) is 35.4 Å². The maximum absolute atomic E-state index is 13.0. The second-order valence-corrected chi connectivity index (χ2v) is 9.95. The van der Waals surface area contributed by atoms with Crippen molar-refractivity contribution in [1.29, 1.82) is 0 Å². The quantitative estimate of drug-likeness (QED) is 0.649. The van der Waals surface area contributed by atoms with Gasteiger partial charge < -0.3 is 10.0 Å². The number of halogens is 1. The zero-order valence-corrected chi connectivity index (χ0v) is 18.3. The summed E-state index contributed by atoms with van der Waals surface area (Å²) in [6.45, 7) is 4.86. The summed E-state index contributed by atoms with van der Waals surface area (Å²) >= 11 is 6.38. The predicted octanol–water partition coefficient (Wildman–Crippen LogP) is 3.57. The monoisotopic (exact) mass is 443 g/mol. The zero-order chi connectivity index (χ0) is 21.5. The standard InChI is InChI=1S/C22H22ClN3O3S/c1-14-6-7-15(2)18(10-14)22-19(23)9-8-16(24-22)13-30(28,29)21-5-3-4-20(25-21)26-11-17(27)12-26/h3-10,17,27H,11-13H2,1-2H3. The molecule has 0 spiro atoms. The number of β-amino-alcohol motifs (C(OH)–C–C–N with tert-alkyl or cyclic N) is 1. The second kappa shape index (κ2) is 7.98. The minimum atomic E-state index is -3.70. The minimum Gasteiger partial charge on any atom is -0.389 e. The molecule has 0 unspecified atom stereocenters. The molecule has 6 nitrogen and oxygen atoms in total. The molecule has 1 aliphatic rings. The van der Waals surface area contributed by atoms with Crippen molar-refractivity contribution in [3.63, 3.8) is 0 Å². The summed E-state index contributed by atoms with van der Waals surface area (Å²) in [6, 6.07) is 14.2. The predicted molar refractivity (Wildman–Crippen MR) is 118 cm³/mol. The van der Waals surface area contributed by atoms with Crippen LogP contribution in [0.15, 0.2) is 53.6 Å². The largest absolute Gasteiger partial charge is 0.389 e. The van der Waals surface area contributed by atoms with Gasteiger partial charge in [-0.15, -0.1) is 0 Å². The molecule has 0 amide bonds. The molecule has 1 aliphatic heterocycles. The van der Waals surface area contributed by atoms with E-state index in [1.165, 1.54) is 6.07 Å². The van der Waals surface area contributed by atoms with Crippen molar-refractivity contribution in [2.45, 2.75) is 30.7 Å². The van der Waals surface area contributed by atoms with Crippen LogP contribution in [-0.4, -0.2) is 42.7 Å². The number of sulfone groups is 1. The highest BCUT2D eigenvalue weighted by Crippen LogP contribution is 2.30. The number of aromatic nitrogens is 2. The van der Waals surface area contributed by atoms with Crippen LogP contribution in [0.25, 0.3) is 11.3 Å². The van der Waals surface area contributed by atoms with E-state index in [1.54, 1.807) is 24.3 Å². The van der Waals surface area contributed by atoms with Gasteiger partial charge in [0.05, 0.1) is 28.3 Å². The molecule has 0 aliphatic carbocycles. The van der Waals surface area contributed by atoms with Crippen molar-refractivity contribution in [3.8, 4) is 11.3 Å². The lowest BCUT2D eigenvalue weighted by Crippen LogP contribution is -2.51. The average Bonchev–Trinajstić information content (AvgIpc) is 2.69. The van der Waals surface area contributed by atoms with Gasteiger partial charge in [0.15, 0.2) is 5.03 Å². The fourth-order valence-electron chi connectivity index (χ4n) is 3.41. The van der Waals surface area contributed by atoms with E-state index in [0.29, 0.717) is 35.3 Å². The van der Waals surface area contributed by atoms with E-state index in [2.05, 4.69) is 9.97 Å². The van der Waals surface area contributed by atoms with Crippen molar-refractivity contribution >= 4 is 27.3 Å². The SMILES string of the molecule is Cc1ccc(C)c(-c2nc(CS(=O)(=O)c3cccc(N4CC(O)C4)n3)ccc2Cl)c1. The molecule has 3 heterocycles. The van der Waals surface area contributed by atoms with Gasteiger partial charge in [0.1, 0.15) is 5.82 Å². The first kappa shape index (κ1) is 20.8. The van der Waals surface area contributed by atoms with Crippen LogP contribution in [0.4, 0.5) is 5.82 Å². The van der Waals surface area contributed by atoms with Gasteiger partial charge >= 0.3 is 0 Å². The molecule has 4 rings (SSSR count). The van der Waals surface area contributed by atoms with Crippen LogP contribution in [0.3, 0.4) is 0 Å². The molecule has 8 heteroatoms. The molecule has 30 heavy (non-hydrogen) atoms. The Balaban J connectivity index is 1.64. The Morgan fingerprint density at radius 2 is 1.87 bits per heavy atom. The van der Waals surface area contributed by atoms with Crippen LogP contribution in [-0.2, 0) is 15.6 Å².